The first-order chi connectivity index (χ1) is 11.0. The number of nitrogens with zero attached hydrogens (tertiary/aromatic N) is 1. The lowest BCUT2D eigenvalue weighted by molar-refractivity contribution is -0.154. The molecule has 1 saturated heterocycles. The third kappa shape index (κ3) is 3.94. The SMILES string of the molecule is CCOc1c(Br)cc(C(=O)N2CCOC(C(=O)O)C2)cc1OC. The van der Waals surface area contributed by atoms with Crippen LogP contribution in [-0.2, 0) is 9.53 Å². The van der Waals surface area contributed by atoms with Crippen LogP contribution in [0.3, 0.4) is 0 Å². The minimum atomic E-state index is -1.08. The van der Waals surface area contributed by atoms with Gasteiger partial charge in [0.2, 0.25) is 0 Å². The van der Waals surface area contributed by atoms with Crippen LogP contribution in [0.25, 0.3) is 0 Å². The molecule has 0 aromatic heterocycles. The molecule has 0 bridgehead atoms. The number of aliphatic carboxylic acids is 1. The quantitative estimate of drug-likeness (QED) is 0.828. The predicted octanol–water partition coefficient (Wildman–Crippen LogP) is 1.78. The van der Waals surface area contributed by atoms with Gasteiger partial charge in [-0.1, -0.05) is 0 Å². The summed E-state index contributed by atoms with van der Waals surface area (Å²) in [7, 11) is 1.49. The lowest BCUT2D eigenvalue weighted by atomic mass is 10.1. The zero-order valence-corrected chi connectivity index (χ0v) is 14.5. The van der Waals surface area contributed by atoms with Crippen LogP contribution >= 0.6 is 15.9 Å². The molecule has 0 radical (unpaired) electrons. The molecule has 1 unspecified atom stereocenters. The number of methoxy groups -OCH3 is 1. The van der Waals surface area contributed by atoms with E-state index in [1.165, 1.54) is 12.0 Å². The molecule has 8 heteroatoms. The fourth-order valence-corrected chi connectivity index (χ4v) is 2.85. The fourth-order valence-electron chi connectivity index (χ4n) is 2.29. The van der Waals surface area contributed by atoms with Gasteiger partial charge >= 0.3 is 5.97 Å². The Morgan fingerprint density at radius 1 is 1.48 bits per heavy atom. The summed E-state index contributed by atoms with van der Waals surface area (Å²) in [5.41, 5.74) is 0.392. The lowest BCUT2D eigenvalue weighted by Gasteiger charge is -2.31. The van der Waals surface area contributed by atoms with Crippen molar-refractivity contribution in [1.82, 2.24) is 4.90 Å². The summed E-state index contributed by atoms with van der Waals surface area (Å²) >= 11 is 3.37. The minimum Gasteiger partial charge on any atom is -0.493 e. The van der Waals surface area contributed by atoms with E-state index >= 15 is 0 Å². The van der Waals surface area contributed by atoms with Crippen LogP contribution < -0.4 is 9.47 Å². The molecule has 2 rings (SSSR count). The van der Waals surface area contributed by atoms with E-state index in [0.717, 1.165) is 0 Å². The zero-order chi connectivity index (χ0) is 17.0. The van der Waals surface area contributed by atoms with Gasteiger partial charge in [0.05, 0.1) is 31.3 Å². The number of hydrogen-bond acceptors (Lipinski definition) is 5. The number of halogens is 1. The van der Waals surface area contributed by atoms with Gasteiger partial charge in [-0.25, -0.2) is 4.79 Å². The number of morpholine rings is 1. The Kier molecular flexibility index (Phi) is 5.84. The highest BCUT2D eigenvalue weighted by Crippen LogP contribution is 2.37. The minimum absolute atomic E-state index is 0.0152. The van der Waals surface area contributed by atoms with Crippen LogP contribution in [0, 0.1) is 0 Å². The van der Waals surface area contributed by atoms with Crippen LogP contribution in [-0.4, -0.2) is 61.4 Å². The molecule has 1 aromatic carbocycles. The van der Waals surface area contributed by atoms with Crippen molar-refractivity contribution < 1.29 is 28.9 Å². The van der Waals surface area contributed by atoms with E-state index in [4.69, 9.17) is 19.3 Å². The number of amides is 1. The normalized spacial score (nSPS) is 17.7. The van der Waals surface area contributed by atoms with Crippen LogP contribution in [0.2, 0.25) is 0 Å². The molecule has 23 heavy (non-hydrogen) atoms. The predicted molar refractivity (Wildman–Crippen MR) is 85.1 cm³/mol. The number of carbonyl (C=O) groups is 2. The van der Waals surface area contributed by atoms with Crippen molar-refractivity contribution in [2.45, 2.75) is 13.0 Å². The second-order valence-corrected chi connectivity index (χ2v) is 5.73. The summed E-state index contributed by atoms with van der Waals surface area (Å²) in [6.45, 7) is 2.87. The Morgan fingerprint density at radius 2 is 2.22 bits per heavy atom. The molecule has 1 amide bonds. The Hall–Kier alpha value is -1.80. The van der Waals surface area contributed by atoms with Gasteiger partial charge in [0, 0.05) is 12.1 Å². The first kappa shape index (κ1) is 17.6. The van der Waals surface area contributed by atoms with Crippen molar-refractivity contribution in [3.05, 3.63) is 22.2 Å². The fraction of sp³-hybridized carbons (Fsp3) is 0.467. The molecular formula is C15H18BrNO6. The van der Waals surface area contributed by atoms with Crippen molar-refractivity contribution in [2.24, 2.45) is 0 Å². The molecule has 7 nitrogen and oxygen atoms in total. The van der Waals surface area contributed by atoms with Crippen molar-refractivity contribution in [3.8, 4) is 11.5 Å². The summed E-state index contributed by atoms with van der Waals surface area (Å²) in [5, 5.41) is 9.02. The topological polar surface area (TPSA) is 85.3 Å². The third-order valence-corrected chi connectivity index (χ3v) is 3.98. The molecule has 1 aliphatic rings. The van der Waals surface area contributed by atoms with E-state index in [2.05, 4.69) is 15.9 Å². The van der Waals surface area contributed by atoms with Gasteiger partial charge in [0.1, 0.15) is 0 Å². The van der Waals surface area contributed by atoms with Crippen molar-refractivity contribution in [1.29, 1.82) is 0 Å². The molecule has 1 heterocycles. The van der Waals surface area contributed by atoms with Crippen LogP contribution in [0.1, 0.15) is 17.3 Å². The van der Waals surface area contributed by atoms with E-state index in [-0.39, 0.29) is 19.1 Å². The molecule has 0 spiro atoms. The van der Waals surface area contributed by atoms with Gasteiger partial charge in [0.25, 0.3) is 5.91 Å². The number of carbonyl (C=O) groups excluding carboxylic acids is 1. The second-order valence-electron chi connectivity index (χ2n) is 4.87. The Labute approximate surface area is 142 Å². The molecule has 0 aliphatic carbocycles. The van der Waals surface area contributed by atoms with Gasteiger partial charge in [-0.15, -0.1) is 0 Å². The van der Waals surface area contributed by atoms with E-state index in [1.54, 1.807) is 12.1 Å². The van der Waals surface area contributed by atoms with E-state index in [9.17, 15) is 9.59 Å². The van der Waals surface area contributed by atoms with E-state index in [1.807, 2.05) is 6.92 Å². The van der Waals surface area contributed by atoms with Crippen molar-refractivity contribution in [3.63, 3.8) is 0 Å². The van der Waals surface area contributed by atoms with Gasteiger partial charge in [-0.2, -0.15) is 0 Å². The highest BCUT2D eigenvalue weighted by molar-refractivity contribution is 9.10. The molecule has 1 N–H and O–H groups in total. The average Bonchev–Trinajstić information content (AvgIpc) is 2.56. The summed E-state index contributed by atoms with van der Waals surface area (Å²) in [5.74, 6) is -0.390. The zero-order valence-electron chi connectivity index (χ0n) is 12.9. The first-order valence-electron chi connectivity index (χ1n) is 7.12. The summed E-state index contributed by atoms with van der Waals surface area (Å²) in [4.78, 5) is 25.1. The molecule has 1 atom stereocenters. The van der Waals surface area contributed by atoms with Crippen LogP contribution in [0.4, 0.5) is 0 Å². The summed E-state index contributed by atoms with van der Waals surface area (Å²) in [6, 6.07) is 3.23. The highest BCUT2D eigenvalue weighted by atomic mass is 79.9. The maximum atomic E-state index is 12.6. The smallest absolute Gasteiger partial charge is 0.334 e. The Bertz CT molecular complexity index is 606. The highest BCUT2D eigenvalue weighted by Gasteiger charge is 2.30. The van der Waals surface area contributed by atoms with Gasteiger partial charge in [-0.05, 0) is 35.0 Å². The third-order valence-electron chi connectivity index (χ3n) is 3.39. The monoisotopic (exact) mass is 387 g/mol. The number of benzene rings is 1. The maximum absolute atomic E-state index is 12.6. The molecule has 126 valence electrons. The van der Waals surface area contributed by atoms with Crippen molar-refractivity contribution >= 4 is 27.8 Å². The Morgan fingerprint density at radius 3 is 2.83 bits per heavy atom. The molecule has 1 fully saturated rings. The second kappa shape index (κ2) is 7.65. The number of carboxylic acids is 1. The number of hydrogen-bond donors (Lipinski definition) is 1. The van der Waals surface area contributed by atoms with Gasteiger partial charge in [-0.3, -0.25) is 4.79 Å². The first-order valence-corrected chi connectivity index (χ1v) is 7.91. The largest absolute Gasteiger partial charge is 0.493 e. The van der Waals surface area contributed by atoms with Crippen LogP contribution in [0.15, 0.2) is 16.6 Å². The van der Waals surface area contributed by atoms with E-state index < -0.39 is 12.1 Å². The average molecular weight is 388 g/mol. The van der Waals surface area contributed by atoms with E-state index in [0.29, 0.717) is 34.7 Å². The standard InChI is InChI=1S/C15H18BrNO6/c1-3-22-13-10(16)6-9(7-11(13)21-2)14(18)17-4-5-23-12(8-17)15(19)20/h6-7,12H,3-5,8H2,1-2H3,(H,19,20). The van der Waals surface area contributed by atoms with Crippen molar-refractivity contribution in [2.75, 3.05) is 33.4 Å². The number of ether oxygens (including phenoxy) is 3. The molecular weight excluding hydrogens is 370 g/mol. The van der Waals surface area contributed by atoms with Gasteiger partial charge < -0.3 is 24.2 Å². The Balaban J connectivity index is 2.25. The maximum Gasteiger partial charge on any atom is 0.334 e. The summed E-state index contributed by atoms with van der Waals surface area (Å²) in [6.07, 6.45) is -0.999. The molecule has 0 saturated carbocycles. The number of carboxylic acid groups (broad SMARTS) is 1. The molecule has 1 aliphatic heterocycles. The number of rotatable bonds is 5. The molecule has 1 aromatic rings. The van der Waals surface area contributed by atoms with Crippen LogP contribution in [0.5, 0.6) is 11.5 Å². The van der Waals surface area contributed by atoms with Gasteiger partial charge in [0.15, 0.2) is 17.6 Å². The lowest BCUT2D eigenvalue weighted by Crippen LogP contribution is -2.48. The summed E-state index contributed by atoms with van der Waals surface area (Å²) < 4.78 is 16.5.